The predicted octanol–water partition coefficient (Wildman–Crippen LogP) is 7.22. The fourth-order valence-corrected chi connectivity index (χ4v) is 6.25. The van der Waals surface area contributed by atoms with E-state index in [1.54, 1.807) is 0 Å². The zero-order valence-electron chi connectivity index (χ0n) is 21.3. The van der Waals surface area contributed by atoms with Crippen molar-refractivity contribution in [3.63, 3.8) is 0 Å². The van der Waals surface area contributed by atoms with E-state index in [9.17, 15) is 4.79 Å². The second-order valence-corrected chi connectivity index (χ2v) is 10.2. The van der Waals surface area contributed by atoms with E-state index in [1.807, 2.05) is 13.0 Å². The Kier molecular flexibility index (Phi) is 6.50. The van der Waals surface area contributed by atoms with Crippen LogP contribution in [-0.2, 0) is 6.42 Å². The molecule has 1 unspecified atom stereocenters. The monoisotopic (exact) mass is 467 g/mol. The van der Waals surface area contributed by atoms with Crippen molar-refractivity contribution >= 4 is 22.4 Å². The van der Waals surface area contributed by atoms with Crippen LogP contribution in [-0.4, -0.2) is 28.8 Å². The van der Waals surface area contributed by atoms with Gasteiger partial charge in [-0.3, -0.25) is 4.79 Å². The van der Waals surface area contributed by atoms with E-state index < -0.39 is 0 Å². The van der Waals surface area contributed by atoms with E-state index in [2.05, 4.69) is 67.1 Å². The molecule has 1 aliphatic heterocycles. The van der Waals surface area contributed by atoms with Crippen LogP contribution >= 0.6 is 0 Å². The minimum Gasteiger partial charge on any atom is -0.342 e. The number of benzene rings is 2. The van der Waals surface area contributed by atoms with Gasteiger partial charge in [-0.25, -0.2) is 4.98 Å². The van der Waals surface area contributed by atoms with E-state index in [4.69, 9.17) is 4.98 Å². The highest BCUT2D eigenvalue weighted by molar-refractivity contribution is 6.10. The van der Waals surface area contributed by atoms with Gasteiger partial charge in [-0.15, -0.1) is 0 Å². The van der Waals surface area contributed by atoms with Gasteiger partial charge in [0, 0.05) is 16.9 Å². The zero-order chi connectivity index (χ0) is 24.6. The number of H-pyrrole nitrogens is 1. The second kappa shape index (κ2) is 9.58. The molecule has 2 heterocycles. The maximum Gasteiger partial charge on any atom is 0.170 e. The van der Waals surface area contributed by atoms with Crippen LogP contribution in [0.2, 0.25) is 0 Å². The number of piperidine rings is 1. The minimum absolute atomic E-state index is 0.280. The number of carbonyl (C=O) groups is 1. The first-order chi connectivity index (χ1) is 17.0. The number of hydrogen-bond donors (Lipinski definition) is 2. The second-order valence-electron chi connectivity index (χ2n) is 10.2. The summed E-state index contributed by atoms with van der Waals surface area (Å²) >= 11 is 0. The largest absolute Gasteiger partial charge is 0.342 e. The Labute approximate surface area is 208 Å². The minimum atomic E-state index is -0.280. The molecule has 5 rings (SSSR count). The molecule has 4 heteroatoms. The first-order valence-electron chi connectivity index (χ1n) is 13.3. The van der Waals surface area contributed by atoms with Gasteiger partial charge in [0.2, 0.25) is 0 Å². The molecule has 2 N–H and O–H groups in total. The van der Waals surface area contributed by atoms with Crippen LogP contribution in [0, 0.1) is 5.41 Å². The maximum atomic E-state index is 14.0. The van der Waals surface area contributed by atoms with Gasteiger partial charge in [0.05, 0.1) is 11.0 Å². The Balaban J connectivity index is 1.63. The van der Waals surface area contributed by atoms with Gasteiger partial charge in [-0.1, -0.05) is 57.2 Å². The van der Waals surface area contributed by atoms with Gasteiger partial charge >= 0.3 is 0 Å². The number of nitrogens with one attached hydrogen (secondary N) is 2. The summed E-state index contributed by atoms with van der Waals surface area (Å²) in [7, 11) is 0. The lowest BCUT2D eigenvalue weighted by atomic mass is 9.75. The topological polar surface area (TPSA) is 57.8 Å². The standard InChI is InChI=1S/C31H37N3O/c1-5-9-21(8-4)30-33-26-13-10-22(18-27(26)34-30)23-11-12-24(20(6-2)7-3)28-25(23)19-31(29(28)35)14-16-32-17-15-31/h6-7,10-13,18,21,32H,2,5,8-9,14-17,19H2,1,3-4H3,(H,33,34). The molecule has 0 saturated carbocycles. The van der Waals surface area contributed by atoms with Gasteiger partial charge in [0.1, 0.15) is 5.82 Å². The molecule has 3 aromatic rings. The molecule has 1 fully saturated rings. The van der Waals surface area contributed by atoms with Crippen LogP contribution in [0.25, 0.3) is 27.7 Å². The van der Waals surface area contributed by atoms with E-state index in [0.717, 1.165) is 90.7 Å². The van der Waals surface area contributed by atoms with Crippen molar-refractivity contribution in [1.29, 1.82) is 0 Å². The number of Topliss-reactive ketones (excluding diaryl/α,β-unsaturated/α-hetero) is 1. The molecule has 1 aromatic heterocycles. The lowest BCUT2D eigenvalue weighted by molar-refractivity contribution is 0.0762. The molecule has 35 heavy (non-hydrogen) atoms. The molecule has 1 aliphatic carbocycles. The molecule has 4 nitrogen and oxygen atoms in total. The predicted molar refractivity (Wildman–Crippen MR) is 146 cm³/mol. The van der Waals surface area contributed by atoms with E-state index >= 15 is 0 Å². The van der Waals surface area contributed by atoms with Crippen LogP contribution < -0.4 is 5.32 Å². The van der Waals surface area contributed by atoms with Crippen LogP contribution in [0.5, 0.6) is 0 Å². The van der Waals surface area contributed by atoms with Gasteiger partial charge in [0.15, 0.2) is 5.78 Å². The number of hydrogen-bond acceptors (Lipinski definition) is 3. The highest BCUT2D eigenvalue weighted by Gasteiger charge is 2.47. The van der Waals surface area contributed by atoms with Crippen LogP contribution in [0.3, 0.4) is 0 Å². The van der Waals surface area contributed by atoms with Crippen molar-refractivity contribution in [3.05, 3.63) is 71.6 Å². The highest BCUT2D eigenvalue weighted by Crippen LogP contribution is 2.48. The quantitative estimate of drug-likeness (QED) is 0.361. The van der Waals surface area contributed by atoms with E-state index in [-0.39, 0.29) is 5.41 Å². The lowest BCUT2D eigenvalue weighted by Gasteiger charge is -2.32. The molecule has 1 saturated heterocycles. The van der Waals surface area contributed by atoms with Crippen molar-refractivity contribution in [3.8, 4) is 11.1 Å². The van der Waals surface area contributed by atoms with Crippen LogP contribution in [0.1, 0.15) is 86.1 Å². The molecule has 1 atom stereocenters. The number of rotatable bonds is 7. The van der Waals surface area contributed by atoms with Crippen LogP contribution in [0.4, 0.5) is 0 Å². The van der Waals surface area contributed by atoms with Crippen molar-refractivity contribution < 1.29 is 4.79 Å². The Bertz CT molecular complexity index is 1310. The third-order valence-corrected chi connectivity index (χ3v) is 8.27. The lowest BCUT2D eigenvalue weighted by Crippen LogP contribution is -2.40. The number of aromatic nitrogens is 2. The zero-order valence-corrected chi connectivity index (χ0v) is 21.3. The van der Waals surface area contributed by atoms with E-state index in [0.29, 0.717) is 11.7 Å². The smallest absolute Gasteiger partial charge is 0.170 e. The fourth-order valence-electron chi connectivity index (χ4n) is 6.25. The fraction of sp³-hybridized carbons (Fsp3) is 0.419. The average molecular weight is 468 g/mol. The average Bonchev–Trinajstić information content (AvgIpc) is 3.42. The molecule has 2 aromatic carbocycles. The molecule has 2 aliphatic rings. The summed E-state index contributed by atoms with van der Waals surface area (Å²) in [5.41, 5.74) is 8.30. The molecule has 1 spiro atoms. The van der Waals surface area contributed by atoms with Crippen molar-refractivity contribution in [2.45, 2.75) is 65.2 Å². The molecule has 0 bridgehead atoms. The normalized spacial score (nSPS) is 18.3. The number of ketones is 1. The molecule has 182 valence electrons. The first-order valence-corrected chi connectivity index (χ1v) is 13.3. The number of carbonyl (C=O) groups excluding carboxylic acids is 1. The van der Waals surface area contributed by atoms with Gasteiger partial charge in [-0.05, 0) is 92.1 Å². The summed E-state index contributed by atoms with van der Waals surface area (Å²) < 4.78 is 0. The summed E-state index contributed by atoms with van der Waals surface area (Å²) in [6.07, 6.45) is 9.94. The number of allylic oxidation sites excluding steroid dienone is 3. The maximum absolute atomic E-state index is 14.0. The SMILES string of the molecule is C=CC(=CC)c1ccc(-c2ccc3nc(C(CC)CCC)[nH]c3c2)c2c1C(=O)C1(CCNCC1)C2. The third-order valence-electron chi connectivity index (χ3n) is 8.27. The summed E-state index contributed by atoms with van der Waals surface area (Å²) in [6.45, 7) is 12.3. The number of fused-ring (bicyclic) bond motifs is 2. The number of imidazole rings is 1. The Morgan fingerprint density at radius 2 is 2.00 bits per heavy atom. The number of nitrogens with zero attached hydrogens (tertiary/aromatic N) is 1. The van der Waals surface area contributed by atoms with Gasteiger partial charge in [-0.2, -0.15) is 0 Å². The molecular weight excluding hydrogens is 430 g/mol. The summed E-state index contributed by atoms with van der Waals surface area (Å²) in [5, 5.41) is 3.44. The van der Waals surface area contributed by atoms with E-state index in [1.165, 1.54) is 11.1 Å². The molecule has 0 amide bonds. The van der Waals surface area contributed by atoms with Crippen molar-refractivity contribution in [2.75, 3.05) is 13.1 Å². The van der Waals surface area contributed by atoms with Gasteiger partial charge in [0.25, 0.3) is 0 Å². The summed E-state index contributed by atoms with van der Waals surface area (Å²) in [5.74, 6) is 1.88. The summed E-state index contributed by atoms with van der Waals surface area (Å²) in [4.78, 5) is 22.5. The molecular formula is C31H37N3O. The Morgan fingerprint density at radius 3 is 2.69 bits per heavy atom. The van der Waals surface area contributed by atoms with Crippen molar-refractivity contribution in [2.24, 2.45) is 5.41 Å². The van der Waals surface area contributed by atoms with Crippen LogP contribution in [0.15, 0.2) is 49.1 Å². The van der Waals surface area contributed by atoms with Crippen molar-refractivity contribution in [1.82, 2.24) is 15.3 Å². The Hall–Kier alpha value is -2.98. The first kappa shape index (κ1) is 23.7. The Morgan fingerprint density at radius 1 is 1.20 bits per heavy atom. The number of aromatic amines is 1. The molecule has 0 radical (unpaired) electrons. The summed E-state index contributed by atoms with van der Waals surface area (Å²) in [6, 6.07) is 10.9. The highest BCUT2D eigenvalue weighted by atomic mass is 16.1. The third kappa shape index (κ3) is 3.98. The van der Waals surface area contributed by atoms with Gasteiger partial charge < -0.3 is 10.3 Å².